The quantitative estimate of drug-likeness (QED) is 0.469. The first kappa shape index (κ1) is 6.05. The van der Waals surface area contributed by atoms with Gasteiger partial charge in [-0.25, -0.2) is 5.32 Å². The zero-order chi connectivity index (χ0) is 5.98. The summed E-state index contributed by atoms with van der Waals surface area (Å²) in [6, 6.07) is 1.14. The molecule has 2 heteroatoms. The molecule has 0 aromatic heterocycles. The van der Waals surface area contributed by atoms with E-state index in [-0.39, 0.29) is 0 Å². The molecule has 1 saturated heterocycles. The summed E-state index contributed by atoms with van der Waals surface area (Å²) in [6.07, 6.45) is 0. The molecule has 0 aliphatic carbocycles. The number of rotatable bonds is 0. The van der Waals surface area contributed by atoms with E-state index in [9.17, 15) is 0 Å². The molecule has 1 aliphatic rings. The van der Waals surface area contributed by atoms with E-state index in [1.165, 1.54) is 0 Å². The van der Waals surface area contributed by atoms with Crippen molar-refractivity contribution >= 4 is 0 Å². The van der Waals surface area contributed by atoms with Crippen LogP contribution in [0.4, 0.5) is 0 Å². The summed E-state index contributed by atoms with van der Waals surface area (Å²) >= 11 is 0. The fourth-order valence-electron chi connectivity index (χ4n) is 0.839. The summed E-state index contributed by atoms with van der Waals surface area (Å²) in [5, 5.41) is 7.69. The van der Waals surface area contributed by atoms with Crippen molar-refractivity contribution in [1.82, 2.24) is 10.6 Å². The monoisotopic (exact) mass is 113 g/mol. The number of hydrogen-bond acceptors (Lipinski definition) is 1. The van der Waals surface area contributed by atoms with Crippen LogP contribution >= 0.6 is 0 Å². The second-order valence-corrected chi connectivity index (χ2v) is 2.52. The molecule has 2 nitrogen and oxygen atoms in total. The van der Waals surface area contributed by atoms with Crippen LogP contribution in [0.15, 0.2) is 0 Å². The smallest absolute Gasteiger partial charge is 0.0343 e. The zero-order valence-corrected chi connectivity index (χ0v) is 5.52. The predicted molar refractivity (Wildman–Crippen MR) is 33.9 cm³/mol. The van der Waals surface area contributed by atoms with E-state index in [0.717, 1.165) is 13.1 Å². The third-order valence-electron chi connectivity index (χ3n) is 1.45. The number of nitrogens with one attached hydrogen (secondary N) is 1. The summed E-state index contributed by atoms with van der Waals surface area (Å²) in [6.45, 7) is 6.34. The average Bonchev–Trinajstić information content (AvgIpc) is 1.77. The van der Waals surface area contributed by atoms with Crippen LogP contribution in [0.5, 0.6) is 0 Å². The van der Waals surface area contributed by atoms with Crippen LogP contribution in [-0.4, -0.2) is 25.2 Å². The van der Waals surface area contributed by atoms with E-state index in [1.807, 2.05) is 0 Å². The van der Waals surface area contributed by atoms with Gasteiger partial charge in [0, 0.05) is 25.2 Å². The van der Waals surface area contributed by atoms with Crippen LogP contribution in [0.2, 0.25) is 0 Å². The lowest BCUT2D eigenvalue weighted by atomic mass is 10.2. The maximum absolute atomic E-state index is 4.35. The Bertz CT molecular complexity index is 54.9. The van der Waals surface area contributed by atoms with E-state index in [1.54, 1.807) is 0 Å². The Morgan fingerprint density at radius 1 is 1.50 bits per heavy atom. The van der Waals surface area contributed by atoms with Crippen LogP contribution in [-0.2, 0) is 0 Å². The van der Waals surface area contributed by atoms with Gasteiger partial charge in [0.1, 0.15) is 0 Å². The van der Waals surface area contributed by atoms with Crippen molar-refractivity contribution in [2.75, 3.05) is 13.1 Å². The molecule has 1 aliphatic heterocycles. The fourth-order valence-corrected chi connectivity index (χ4v) is 0.839. The van der Waals surface area contributed by atoms with Gasteiger partial charge in [0.25, 0.3) is 0 Å². The minimum Gasteiger partial charge on any atom is -0.311 e. The first-order chi connectivity index (χ1) is 3.79. The molecule has 0 saturated carbocycles. The van der Waals surface area contributed by atoms with Crippen LogP contribution < -0.4 is 10.6 Å². The molecule has 0 spiro atoms. The van der Waals surface area contributed by atoms with Crippen LogP contribution in [0.3, 0.4) is 0 Å². The number of piperazine rings is 1. The van der Waals surface area contributed by atoms with Crippen molar-refractivity contribution in [3.8, 4) is 0 Å². The van der Waals surface area contributed by atoms with Crippen molar-refractivity contribution in [3.05, 3.63) is 0 Å². The number of nitrogens with zero attached hydrogens (tertiary/aromatic N) is 1. The molecule has 1 rings (SSSR count). The minimum atomic E-state index is 0.534. The Balaban J connectivity index is 2.19. The van der Waals surface area contributed by atoms with Gasteiger partial charge in [-0.15, -0.1) is 0 Å². The highest BCUT2D eigenvalue weighted by molar-refractivity contribution is 4.75. The zero-order valence-electron chi connectivity index (χ0n) is 5.52. The van der Waals surface area contributed by atoms with Crippen molar-refractivity contribution in [3.63, 3.8) is 0 Å². The summed E-state index contributed by atoms with van der Waals surface area (Å²) in [5.41, 5.74) is 0. The van der Waals surface area contributed by atoms with Gasteiger partial charge < -0.3 is 5.32 Å². The molecule has 1 fully saturated rings. The summed E-state index contributed by atoms with van der Waals surface area (Å²) < 4.78 is 0. The van der Waals surface area contributed by atoms with Gasteiger partial charge in [-0.2, -0.15) is 0 Å². The van der Waals surface area contributed by atoms with Gasteiger partial charge in [-0.1, -0.05) is 0 Å². The lowest BCUT2D eigenvalue weighted by Crippen LogP contribution is -2.48. The van der Waals surface area contributed by atoms with Crippen molar-refractivity contribution in [1.29, 1.82) is 0 Å². The van der Waals surface area contributed by atoms with E-state index in [0.29, 0.717) is 12.1 Å². The molecular weight excluding hydrogens is 100 g/mol. The normalized spacial score (nSPS) is 39.8. The Hall–Kier alpha value is -0.0800. The molecule has 1 radical (unpaired) electrons. The summed E-state index contributed by atoms with van der Waals surface area (Å²) in [5.74, 6) is 0. The van der Waals surface area contributed by atoms with Crippen molar-refractivity contribution in [2.24, 2.45) is 0 Å². The molecule has 0 bridgehead atoms. The third kappa shape index (κ3) is 1.46. The topological polar surface area (TPSA) is 26.1 Å². The van der Waals surface area contributed by atoms with Crippen LogP contribution in [0.1, 0.15) is 13.8 Å². The highest BCUT2D eigenvalue weighted by Crippen LogP contribution is 1.91. The Morgan fingerprint density at radius 3 is 2.62 bits per heavy atom. The Morgan fingerprint density at radius 2 is 2.25 bits per heavy atom. The molecule has 8 heavy (non-hydrogen) atoms. The Labute approximate surface area is 50.7 Å². The highest BCUT2D eigenvalue weighted by Gasteiger charge is 2.12. The van der Waals surface area contributed by atoms with E-state index >= 15 is 0 Å². The van der Waals surface area contributed by atoms with E-state index in [4.69, 9.17) is 0 Å². The maximum Gasteiger partial charge on any atom is 0.0343 e. The maximum atomic E-state index is 4.35. The second-order valence-electron chi connectivity index (χ2n) is 2.52. The van der Waals surface area contributed by atoms with Gasteiger partial charge >= 0.3 is 0 Å². The molecule has 0 amide bonds. The molecule has 2 atom stereocenters. The SMILES string of the molecule is C[C@@H]1C[N][C@@H](C)CN1. The van der Waals surface area contributed by atoms with Gasteiger partial charge in [0.15, 0.2) is 0 Å². The molecular formula is C6H13N2. The second kappa shape index (κ2) is 2.46. The minimum absolute atomic E-state index is 0.534. The molecule has 1 N–H and O–H groups in total. The van der Waals surface area contributed by atoms with E-state index < -0.39 is 0 Å². The molecule has 0 unspecified atom stereocenters. The molecule has 0 aromatic carbocycles. The molecule has 47 valence electrons. The average molecular weight is 113 g/mol. The summed E-state index contributed by atoms with van der Waals surface area (Å²) in [7, 11) is 0. The molecule has 1 heterocycles. The van der Waals surface area contributed by atoms with Gasteiger partial charge in [0.2, 0.25) is 0 Å². The standard InChI is InChI=1S/C6H13N2/c1-5-3-8-6(2)4-7-5/h5-7H,3-4H2,1-2H3/t5-,6+/m1/s1. The number of hydrogen-bond donors (Lipinski definition) is 1. The van der Waals surface area contributed by atoms with Crippen molar-refractivity contribution in [2.45, 2.75) is 25.9 Å². The Kier molecular flexibility index (Phi) is 1.86. The third-order valence-corrected chi connectivity index (χ3v) is 1.45. The first-order valence-corrected chi connectivity index (χ1v) is 3.19. The predicted octanol–water partition coefficient (Wildman–Crippen LogP) is -0.0290. The fraction of sp³-hybridized carbons (Fsp3) is 1.00. The lowest BCUT2D eigenvalue weighted by molar-refractivity contribution is 0.369. The van der Waals surface area contributed by atoms with E-state index in [2.05, 4.69) is 24.5 Å². The van der Waals surface area contributed by atoms with Crippen LogP contribution in [0.25, 0.3) is 0 Å². The van der Waals surface area contributed by atoms with Gasteiger partial charge in [-0.3, -0.25) is 0 Å². The van der Waals surface area contributed by atoms with Gasteiger partial charge in [0.05, 0.1) is 0 Å². The van der Waals surface area contributed by atoms with Crippen molar-refractivity contribution < 1.29 is 0 Å². The summed E-state index contributed by atoms with van der Waals surface area (Å²) in [4.78, 5) is 0. The first-order valence-electron chi connectivity index (χ1n) is 3.19. The highest BCUT2D eigenvalue weighted by atomic mass is 15.1. The van der Waals surface area contributed by atoms with Gasteiger partial charge in [-0.05, 0) is 13.8 Å². The molecule has 0 aromatic rings. The largest absolute Gasteiger partial charge is 0.311 e. The van der Waals surface area contributed by atoms with Crippen LogP contribution in [0, 0.1) is 0 Å². The lowest BCUT2D eigenvalue weighted by Gasteiger charge is -2.24.